The molecule has 6 nitrogen and oxygen atoms in total. The number of anilines is 1. The molecule has 1 aliphatic carbocycles. The first-order valence-electron chi connectivity index (χ1n) is 9.49. The molecule has 0 saturated carbocycles. The number of fused-ring (bicyclic) bond motifs is 3. The first kappa shape index (κ1) is 17.8. The Morgan fingerprint density at radius 1 is 1.11 bits per heavy atom. The van der Waals surface area contributed by atoms with Gasteiger partial charge >= 0.3 is 0 Å². The van der Waals surface area contributed by atoms with Gasteiger partial charge in [0.15, 0.2) is 4.34 Å². The summed E-state index contributed by atoms with van der Waals surface area (Å²) in [6, 6.07) is 0. The van der Waals surface area contributed by atoms with Gasteiger partial charge in [-0.25, -0.2) is 9.97 Å². The first-order chi connectivity index (χ1) is 13.4. The van der Waals surface area contributed by atoms with E-state index in [4.69, 9.17) is 4.74 Å². The van der Waals surface area contributed by atoms with E-state index in [0.29, 0.717) is 6.10 Å². The molecule has 1 atom stereocenters. The van der Waals surface area contributed by atoms with Crippen LogP contribution in [0.4, 0.5) is 5.13 Å². The number of thiophene rings is 1. The highest BCUT2D eigenvalue weighted by molar-refractivity contribution is 8.01. The van der Waals surface area contributed by atoms with E-state index in [9.17, 15) is 0 Å². The quantitative estimate of drug-likeness (QED) is 0.480. The maximum atomic E-state index is 5.65. The Kier molecular flexibility index (Phi) is 5.26. The second-order valence-corrected chi connectivity index (χ2v) is 10.2. The van der Waals surface area contributed by atoms with Crippen LogP contribution in [0.5, 0.6) is 0 Å². The number of hydrogen-bond acceptors (Lipinski definition) is 9. The van der Waals surface area contributed by atoms with Gasteiger partial charge in [0.1, 0.15) is 16.2 Å². The SMILES string of the molecule is c1nc(Sc2nnc(NC[C@@H]3CCCO3)s2)c2c3c(sc2n1)CCCCC3. The Hall–Kier alpha value is -1.29. The highest BCUT2D eigenvalue weighted by Crippen LogP contribution is 2.41. The summed E-state index contributed by atoms with van der Waals surface area (Å²) in [6.45, 7) is 1.67. The molecule has 0 amide bonds. The van der Waals surface area contributed by atoms with Crippen LogP contribution in [-0.4, -0.2) is 39.4 Å². The third-order valence-corrected chi connectivity index (χ3v) is 8.20. The fraction of sp³-hybridized carbons (Fsp3) is 0.556. The molecule has 0 radical (unpaired) electrons. The molecule has 1 fully saturated rings. The largest absolute Gasteiger partial charge is 0.376 e. The Labute approximate surface area is 170 Å². The zero-order valence-electron chi connectivity index (χ0n) is 14.9. The molecule has 3 aromatic heterocycles. The van der Waals surface area contributed by atoms with E-state index >= 15 is 0 Å². The lowest BCUT2D eigenvalue weighted by atomic mass is 10.1. The first-order valence-corrected chi connectivity index (χ1v) is 11.9. The van der Waals surface area contributed by atoms with Crippen LogP contribution in [0.15, 0.2) is 15.7 Å². The predicted octanol–water partition coefficient (Wildman–Crippen LogP) is 4.55. The van der Waals surface area contributed by atoms with Gasteiger partial charge in [-0.15, -0.1) is 21.5 Å². The Morgan fingerprint density at radius 2 is 2.07 bits per heavy atom. The average molecular weight is 420 g/mol. The standard InChI is InChI=1S/C18H21N5OS3/c1-2-6-12-13(7-3-1)25-15-14(12)16(21-10-20-15)26-18-23-22-17(27-18)19-9-11-5-4-8-24-11/h10-11H,1-9H2,(H,19,22)/t11-/m0/s1. The van der Waals surface area contributed by atoms with Crippen molar-refractivity contribution in [1.82, 2.24) is 20.2 Å². The maximum Gasteiger partial charge on any atom is 0.206 e. The molecule has 142 valence electrons. The fourth-order valence-electron chi connectivity index (χ4n) is 3.73. The molecule has 27 heavy (non-hydrogen) atoms. The molecule has 0 unspecified atom stereocenters. The lowest BCUT2D eigenvalue weighted by Crippen LogP contribution is -2.18. The van der Waals surface area contributed by atoms with Crippen molar-refractivity contribution in [2.24, 2.45) is 0 Å². The van der Waals surface area contributed by atoms with Crippen molar-refractivity contribution in [2.75, 3.05) is 18.5 Å². The van der Waals surface area contributed by atoms with Crippen LogP contribution in [-0.2, 0) is 17.6 Å². The summed E-state index contributed by atoms with van der Waals surface area (Å²) in [5.74, 6) is 0. The molecule has 5 rings (SSSR count). The van der Waals surface area contributed by atoms with E-state index < -0.39 is 0 Å². The van der Waals surface area contributed by atoms with Gasteiger partial charge in [-0.2, -0.15) is 0 Å². The highest BCUT2D eigenvalue weighted by Gasteiger charge is 2.21. The summed E-state index contributed by atoms with van der Waals surface area (Å²) in [4.78, 5) is 11.7. The smallest absolute Gasteiger partial charge is 0.206 e. The number of hydrogen-bond donors (Lipinski definition) is 1. The maximum absolute atomic E-state index is 5.65. The number of aromatic nitrogens is 4. The van der Waals surface area contributed by atoms with E-state index in [1.54, 1.807) is 29.4 Å². The van der Waals surface area contributed by atoms with E-state index in [1.807, 2.05) is 11.3 Å². The summed E-state index contributed by atoms with van der Waals surface area (Å²) >= 11 is 5.03. The third kappa shape index (κ3) is 3.83. The summed E-state index contributed by atoms with van der Waals surface area (Å²) < 4.78 is 6.57. The lowest BCUT2D eigenvalue weighted by molar-refractivity contribution is 0.120. The second kappa shape index (κ2) is 7.98. The zero-order chi connectivity index (χ0) is 18.1. The van der Waals surface area contributed by atoms with Crippen molar-refractivity contribution < 1.29 is 4.74 Å². The van der Waals surface area contributed by atoms with Crippen LogP contribution in [0.3, 0.4) is 0 Å². The summed E-state index contributed by atoms with van der Waals surface area (Å²) in [7, 11) is 0. The van der Waals surface area contributed by atoms with Gasteiger partial charge in [-0.3, -0.25) is 0 Å². The van der Waals surface area contributed by atoms with Crippen molar-refractivity contribution in [3.05, 3.63) is 16.8 Å². The zero-order valence-corrected chi connectivity index (χ0v) is 17.4. The minimum atomic E-state index is 0.299. The average Bonchev–Trinajstić information content (AvgIpc) is 3.38. The van der Waals surface area contributed by atoms with Crippen molar-refractivity contribution in [1.29, 1.82) is 0 Å². The van der Waals surface area contributed by atoms with Crippen molar-refractivity contribution in [2.45, 2.75) is 60.4 Å². The van der Waals surface area contributed by atoms with E-state index in [-0.39, 0.29) is 0 Å². The number of rotatable bonds is 5. The van der Waals surface area contributed by atoms with Gasteiger partial charge in [0, 0.05) is 23.4 Å². The van der Waals surface area contributed by atoms with Gasteiger partial charge in [-0.05, 0) is 55.9 Å². The lowest BCUT2D eigenvalue weighted by Gasteiger charge is -2.08. The van der Waals surface area contributed by atoms with Gasteiger partial charge in [0.2, 0.25) is 5.13 Å². The minimum Gasteiger partial charge on any atom is -0.376 e. The number of nitrogens with zero attached hydrogens (tertiary/aromatic N) is 4. The van der Waals surface area contributed by atoms with E-state index in [2.05, 4.69) is 25.5 Å². The number of nitrogens with one attached hydrogen (secondary N) is 1. The summed E-state index contributed by atoms with van der Waals surface area (Å²) in [6.07, 6.45) is 10.4. The molecule has 3 aromatic rings. The molecule has 1 N–H and O–H groups in total. The van der Waals surface area contributed by atoms with Crippen LogP contribution in [0, 0.1) is 0 Å². The molecule has 1 aliphatic heterocycles. The van der Waals surface area contributed by atoms with Gasteiger partial charge in [-0.1, -0.05) is 17.8 Å². The second-order valence-electron chi connectivity index (χ2n) is 6.91. The molecule has 0 aromatic carbocycles. The normalized spacial score (nSPS) is 19.9. The Balaban J connectivity index is 1.36. The molecule has 0 spiro atoms. The molecular weight excluding hydrogens is 398 g/mol. The van der Waals surface area contributed by atoms with E-state index in [1.165, 1.54) is 41.5 Å². The van der Waals surface area contributed by atoms with Gasteiger partial charge in [0.05, 0.1) is 6.10 Å². The van der Waals surface area contributed by atoms with Crippen LogP contribution in [0.25, 0.3) is 10.2 Å². The third-order valence-electron chi connectivity index (χ3n) is 5.06. The fourth-order valence-corrected chi connectivity index (χ4v) is 6.81. The van der Waals surface area contributed by atoms with Crippen molar-refractivity contribution >= 4 is 49.8 Å². The molecule has 2 aliphatic rings. The van der Waals surface area contributed by atoms with Crippen molar-refractivity contribution in [3.63, 3.8) is 0 Å². The number of ether oxygens (including phenoxy) is 1. The number of aryl methyl sites for hydroxylation is 2. The molecule has 4 heterocycles. The van der Waals surface area contributed by atoms with Crippen LogP contribution < -0.4 is 5.32 Å². The molecule has 0 bridgehead atoms. The molecular formula is C18H21N5OS3. The Morgan fingerprint density at radius 3 is 3.00 bits per heavy atom. The van der Waals surface area contributed by atoms with Gasteiger partial charge in [0.25, 0.3) is 0 Å². The molecule has 1 saturated heterocycles. The minimum absolute atomic E-state index is 0.299. The predicted molar refractivity (Wildman–Crippen MR) is 110 cm³/mol. The van der Waals surface area contributed by atoms with Crippen molar-refractivity contribution in [3.8, 4) is 0 Å². The topological polar surface area (TPSA) is 72.8 Å². The van der Waals surface area contributed by atoms with Crippen LogP contribution >= 0.6 is 34.4 Å². The van der Waals surface area contributed by atoms with Crippen LogP contribution in [0.1, 0.15) is 42.5 Å². The highest BCUT2D eigenvalue weighted by atomic mass is 32.2. The van der Waals surface area contributed by atoms with E-state index in [0.717, 1.165) is 51.7 Å². The summed E-state index contributed by atoms with van der Waals surface area (Å²) in [5, 5.41) is 15.1. The summed E-state index contributed by atoms with van der Waals surface area (Å²) in [5.41, 5.74) is 1.47. The molecule has 9 heteroatoms. The van der Waals surface area contributed by atoms with Gasteiger partial charge < -0.3 is 10.1 Å². The van der Waals surface area contributed by atoms with Crippen LogP contribution in [0.2, 0.25) is 0 Å². The monoisotopic (exact) mass is 419 g/mol. The Bertz CT molecular complexity index is 934.